The van der Waals surface area contributed by atoms with Crippen LogP contribution in [0.2, 0.25) is 0 Å². The van der Waals surface area contributed by atoms with Crippen molar-refractivity contribution in [3.05, 3.63) is 100 Å². The lowest BCUT2D eigenvalue weighted by molar-refractivity contribution is -0.118. The van der Waals surface area contributed by atoms with Gasteiger partial charge in [0, 0.05) is 12.3 Å². The van der Waals surface area contributed by atoms with Crippen LogP contribution in [0, 0.1) is 0 Å². The molecule has 0 unspecified atom stereocenters. The fraction of sp³-hybridized carbons (Fsp3) is 0.192. The Morgan fingerprint density at radius 1 is 1.00 bits per heavy atom. The van der Waals surface area contributed by atoms with Gasteiger partial charge in [-0.3, -0.25) is 4.79 Å². The zero-order valence-corrected chi connectivity index (χ0v) is 20.1. The topological polar surface area (TPSA) is 60.7 Å². The monoisotopic (exact) mass is 476 g/mol. The van der Waals surface area contributed by atoms with E-state index in [2.05, 4.69) is 9.56 Å². The number of thioether (sulfide) groups is 1. The quantitative estimate of drug-likeness (QED) is 0.348. The summed E-state index contributed by atoms with van der Waals surface area (Å²) in [7, 11) is 1.37. The predicted octanol–water partition coefficient (Wildman–Crippen LogP) is 5.11. The molecule has 1 amide bonds. The fourth-order valence-electron chi connectivity index (χ4n) is 3.73. The van der Waals surface area contributed by atoms with Crippen LogP contribution < -0.4 is 4.80 Å². The van der Waals surface area contributed by atoms with Crippen molar-refractivity contribution in [3.8, 4) is 0 Å². The number of methoxy groups -OCH3 is 1. The van der Waals surface area contributed by atoms with Gasteiger partial charge in [-0.05, 0) is 35.6 Å². The summed E-state index contributed by atoms with van der Waals surface area (Å²) in [6.07, 6.45) is 2.05. The molecule has 5 nitrogen and oxygen atoms in total. The molecule has 4 aromatic rings. The summed E-state index contributed by atoms with van der Waals surface area (Å²) in [6.45, 7) is 0.714. The highest BCUT2D eigenvalue weighted by atomic mass is 32.2. The fourth-order valence-corrected chi connectivity index (χ4v) is 5.20. The number of hydrogen-bond acceptors (Lipinski definition) is 5. The molecule has 3 aromatic carbocycles. The van der Waals surface area contributed by atoms with Gasteiger partial charge in [0.2, 0.25) is 0 Å². The Bertz CT molecular complexity index is 1290. The van der Waals surface area contributed by atoms with Gasteiger partial charge in [0.05, 0.1) is 28.8 Å². The average Bonchev–Trinajstić information content (AvgIpc) is 3.19. The Morgan fingerprint density at radius 3 is 2.21 bits per heavy atom. The molecule has 0 bridgehead atoms. The van der Waals surface area contributed by atoms with Gasteiger partial charge in [-0.1, -0.05) is 72.0 Å². The lowest BCUT2D eigenvalue weighted by atomic mass is 9.91. The Hall–Kier alpha value is -3.16. The van der Waals surface area contributed by atoms with E-state index in [0.29, 0.717) is 16.9 Å². The van der Waals surface area contributed by atoms with E-state index in [1.54, 1.807) is 23.9 Å². The Balaban J connectivity index is 1.84. The van der Waals surface area contributed by atoms with Crippen molar-refractivity contribution in [1.82, 2.24) is 4.57 Å². The lowest BCUT2D eigenvalue weighted by Crippen LogP contribution is -2.21. The van der Waals surface area contributed by atoms with E-state index in [9.17, 15) is 9.59 Å². The van der Waals surface area contributed by atoms with Crippen LogP contribution in [0.15, 0.2) is 83.9 Å². The SMILES string of the molecule is COC(=O)c1ccc2c(c1)sc(=NC(=O)C(c1ccccc1)c1ccccc1)n2CCSC. The number of benzene rings is 3. The molecule has 4 rings (SSSR count). The number of nitrogens with zero attached hydrogens (tertiary/aromatic N) is 2. The molecule has 1 aromatic heterocycles. The van der Waals surface area contributed by atoms with Crippen LogP contribution in [0.1, 0.15) is 27.4 Å². The number of rotatable bonds is 7. The first-order valence-electron chi connectivity index (χ1n) is 10.5. The summed E-state index contributed by atoms with van der Waals surface area (Å²) >= 11 is 3.14. The molecule has 0 aliphatic carbocycles. The molecule has 1 heterocycles. The van der Waals surface area contributed by atoms with Crippen LogP contribution in [0.5, 0.6) is 0 Å². The number of aromatic nitrogens is 1. The summed E-state index contributed by atoms with van der Waals surface area (Å²) in [5.41, 5.74) is 3.24. The van der Waals surface area contributed by atoms with Crippen LogP contribution in [0.4, 0.5) is 0 Å². The molecule has 0 saturated heterocycles. The number of thiazole rings is 1. The molecule has 0 aliphatic heterocycles. The molecule has 7 heteroatoms. The van der Waals surface area contributed by atoms with Crippen molar-refractivity contribution < 1.29 is 14.3 Å². The van der Waals surface area contributed by atoms with Crippen molar-refractivity contribution in [2.75, 3.05) is 19.1 Å². The number of carbonyl (C=O) groups is 2. The first kappa shape index (κ1) is 23.0. The van der Waals surface area contributed by atoms with Crippen molar-refractivity contribution in [1.29, 1.82) is 0 Å². The molecule has 0 fully saturated rings. The Labute approximate surface area is 200 Å². The second-order valence-electron chi connectivity index (χ2n) is 7.41. The second-order valence-corrected chi connectivity index (χ2v) is 9.40. The number of carbonyl (C=O) groups excluding carboxylic acids is 2. The molecular weight excluding hydrogens is 452 g/mol. The van der Waals surface area contributed by atoms with Crippen molar-refractivity contribution >= 4 is 45.2 Å². The van der Waals surface area contributed by atoms with Crippen LogP contribution in [-0.4, -0.2) is 35.6 Å². The number of esters is 1. The first-order valence-corrected chi connectivity index (χ1v) is 12.7. The zero-order valence-electron chi connectivity index (χ0n) is 18.4. The van der Waals surface area contributed by atoms with E-state index in [4.69, 9.17) is 4.74 Å². The van der Waals surface area contributed by atoms with E-state index in [1.807, 2.05) is 73.0 Å². The van der Waals surface area contributed by atoms with Crippen LogP contribution >= 0.6 is 23.1 Å². The van der Waals surface area contributed by atoms with E-state index in [-0.39, 0.29) is 11.9 Å². The van der Waals surface area contributed by atoms with Gasteiger partial charge < -0.3 is 9.30 Å². The minimum Gasteiger partial charge on any atom is -0.465 e. The molecule has 0 saturated carbocycles. The largest absolute Gasteiger partial charge is 0.465 e. The highest BCUT2D eigenvalue weighted by Crippen LogP contribution is 2.26. The summed E-state index contributed by atoms with van der Waals surface area (Å²) < 4.78 is 7.81. The van der Waals surface area contributed by atoms with E-state index in [1.165, 1.54) is 18.4 Å². The maximum absolute atomic E-state index is 13.6. The highest BCUT2D eigenvalue weighted by Gasteiger charge is 2.23. The van der Waals surface area contributed by atoms with E-state index in [0.717, 1.165) is 27.1 Å². The number of hydrogen-bond donors (Lipinski definition) is 0. The predicted molar refractivity (Wildman–Crippen MR) is 135 cm³/mol. The number of amides is 1. The van der Waals surface area contributed by atoms with Crippen LogP contribution in [0.25, 0.3) is 10.2 Å². The van der Waals surface area contributed by atoms with Crippen molar-refractivity contribution in [2.24, 2.45) is 4.99 Å². The summed E-state index contributed by atoms with van der Waals surface area (Å²) in [5.74, 6) is -0.210. The average molecular weight is 477 g/mol. The van der Waals surface area contributed by atoms with Crippen LogP contribution in [0.3, 0.4) is 0 Å². The van der Waals surface area contributed by atoms with Gasteiger partial charge in [-0.15, -0.1) is 0 Å². The summed E-state index contributed by atoms with van der Waals surface area (Å²) in [4.78, 5) is 30.8. The Kier molecular flexibility index (Phi) is 7.42. The lowest BCUT2D eigenvalue weighted by Gasteiger charge is -2.14. The number of fused-ring (bicyclic) bond motifs is 1. The van der Waals surface area contributed by atoms with E-state index < -0.39 is 5.92 Å². The summed E-state index contributed by atoms with van der Waals surface area (Å²) in [5, 5.41) is 0. The van der Waals surface area contributed by atoms with Gasteiger partial charge in [0.1, 0.15) is 0 Å². The zero-order chi connectivity index (χ0) is 23.2. The third-order valence-corrected chi connectivity index (χ3v) is 6.97. The van der Waals surface area contributed by atoms with Gasteiger partial charge >= 0.3 is 5.97 Å². The molecule has 168 valence electrons. The van der Waals surface area contributed by atoms with Crippen molar-refractivity contribution in [3.63, 3.8) is 0 Å². The van der Waals surface area contributed by atoms with Gasteiger partial charge in [0.15, 0.2) is 4.80 Å². The minimum absolute atomic E-state index is 0.218. The molecule has 33 heavy (non-hydrogen) atoms. The molecule has 0 N–H and O–H groups in total. The molecular formula is C26H24N2O3S2. The number of aryl methyl sites for hydroxylation is 1. The minimum atomic E-state index is -0.489. The Morgan fingerprint density at radius 2 is 1.64 bits per heavy atom. The van der Waals surface area contributed by atoms with Gasteiger partial charge in [-0.25, -0.2) is 4.79 Å². The highest BCUT2D eigenvalue weighted by molar-refractivity contribution is 7.98. The maximum Gasteiger partial charge on any atom is 0.337 e. The van der Waals surface area contributed by atoms with E-state index >= 15 is 0 Å². The second kappa shape index (κ2) is 10.6. The molecule has 0 aliphatic rings. The van der Waals surface area contributed by atoms with Gasteiger partial charge in [0.25, 0.3) is 5.91 Å². The van der Waals surface area contributed by atoms with Gasteiger partial charge in [-0.2, -0.15) is 16.8 Å². The smallest absolute Gasteiger partial charge is 0.337 e. The molecule has 0 atom stereocenters. The number of ether oxygens (including phenoxy) is 1. The standard InChI is InChI=1S/C26H24N2O3S2/c1-31-25(30)20-13-14-21-22(17-20)33-26(28(21)15-16-32-2)27-24(29)23(18-9-5-3-6-10-18)19-11-7-4-8-12-19/h3-14,17,23H,15-16H2,1-2H3. The third kappa shape index (κ3) is 5.10. The van der Waals surface area contributed by atoms with Crippen molar-refractivity contribution in [2.45, 2.75) is 12.5 Å². The summed E-state index contributed by atoms with van der Waals surface area (Å²) in [6, 6.07) is 24.9. The normalized spacial score (nSPS) is 11.8. The maximum atomic E-state index is 13.6. The first-order chi connectivity index (χ1) is 16.1. The third-order valence-electron chi connectivity index (χ3n) is 5.34. The van der Waals surface area contributed by atoms with Crippen LogP contribution in [-0.2, 0) is 16.1 Å². The molecule has 0 spiro atoms. The molecule has 0 radical (unpaired) electrons.